The molecule has 1 N–H and O–H groups in total. The second-order valence-corrected chi connectivity index (χ2v) is 8.12. The van der Waals surface area contributed by atoms with Gasteiger partial charge in [-0.15, -0.1) is 0 Å². The van der Waals surface area contributed by atoms with E-state index in [1.54, 1.807) is 7.11 Å². The second kappa shape index (κ2) is 9.49. The van der Waals surface area contributed by atoms with Crippen molar-refractivity contribution in [1.82, 2.24) is 0 Å². The minimum Gasteiger partial charge on any atom is -0.493 e. The Bertz CT molecular complexity index is 899. The Morgan fingerprint density at radius 3 is 2.15 bits per heavy atom. The van der Waals surface area contributed by atoms with Crippen molar-refractivity contribution in [2.24, 2.45) is 0 Å². The monoisotopic (exact) mass is 509 g/mol. The topological polar surface area (TPSA) is 30.5 Å². The first-order valence-electron chi connectivity index (χ1n) is 8.28. The van der Waals surface area contributed by atoms with Crippen LogP contribution in [0.5, 0.6) is 11.5 Å². The van der Waals surface area contributed by atoms with E-state index in [4.69, 9.17) is 21.1 Å². The number of anilines is 1. The molecule has 0 unspecified atom stereocenters. The first-order chi connectivity index (χ1) is 13.0. The van der Waals surface area contributed by atoms with Gasteiger partial charge in [0.1, 0.15) is 6.61 Å². The molecule has 0 fully saturated rings. The van der Waals surface area contributed by atoms with Crippen LogP contribution in [0, 0.1) is 0 Å². The van der Waals surface area contributed by atoms with E-state index in [0.29, 0.717) is 29.7 Å². The van der Waals surface area contributed by atoms with Crippen LogP contribution in [0.25, 0.3) is 0 Å². The highest BCUT2D eigenvalue weighted by molar-refractivity contribution is 9.10. The molecule has 0 spiro atoms. The SMILES string of the molecule is COc1cc(CNc2ccc(Br)cc2)cc(Cl)c1OCc1ccc(Br)cc1. The van der Waals surface area contributed by atoms with E-state index in [-0.39, 0.29) is 0 Å². The molecule has 0 saturated carbocycles. The van der Waals surface area contributed by atoms with E-state index in [2.05, 4.69) is 37.2 Å². The fraction of sp³-hybridized carbons (Fsp3) is 0.143. The minimum atomic E-state index is 0.417. The fourth-order valence-electron chi connectivity index (χ4n) is 2.52. The maximum atomic E-state index is 6.46. The number of hydrogen-bond acceptors (Lipinski definition) is 3. The largest absolute Gasteiger partial charge is 0.493 e. The highest BCUT2D eigenvalue weighted by Crippen LogP contribution is 2.37. The van der Waals surface area contributed by atoms with Crippen molar-refractivity contribution in [1.29, 1.82) is 0 Å². The van der Waals surface area contributed by atoms with Crippen LogP contribution in [0.2, 0.25) is 5.02 Å². The molecule has 3 aromatic carbocycles. The molecule has 27 heavy (non-hydrogen) atoms. The molecule has 3 rings (SSSR count). The highest BCUT2D eigenvalue weighted by Gasteiger charge is 2.12. The number of methoxy groups -OCH3 is 1. The molecular formula is C21H18Br2ClNO2. The van der Waals surface area contributed by atoms with Gasteiger partial charge in [-0.05, 0) is 59.7 Å². The van der Waals surface area contributed by atoms with Crippen LogP contribution in [0.4, 0.5) is 5.69 Å². The molecule has 3 nitrogen and oxygen atoms in total. The third-order valence-electron chi connectivity index (χ3n) is 3.93. The Balaban J connectivity index is 1.70. The zero-order chi connectivity index (χ0) is 19.2. The van der Waals surface area contributed by atoms with Crippen molar-refractivity contribution in [2.75, 3.05) is 12.4 Å². The van der Waals surface area contributed by atoms with Gasteiger partial charge in [-0.3, -0.25) is 0 Å². The van der Waals surface area contributed by atoms with Crippen molar-refractivity contribution in [3.63, 3.8) is 0 Å². The highest BCUT2D eigenvalue weighted by atomic mass is 79.9. The standard InChI is InChI=1S/C21H18Br2ClNO2/c1-26-20-11-15(12-25-18-8-6-17(23)7-9-18)10-19(24)21(20)27-13-14-2-4-16(22)5-3-14/h2-11,25H,12-13H2,1H3. The molecule has 140 valence electrons. The molecule has 0 atom stereocenters. The molecule has 0 amide bonds. The van der Waals surface area contributed by atoms with Crippen molar-refractivity contribution in [2.45, 2.75) is 13.2 Å². The predicted molar refractivity (Wildman–Crippen MR) is 118 cm³/mol. The summed E-state index contributed by atoms with van der Waals surface area (Å²) in [4.78, 5) is 0. The maximum absolute atomic E-state index is 6.46. The summed E-state index contributed by atoms with van der Waals surface area (Å²) in [5.74, 6) is 1.17. The van der Waals surface area contributed by atoms with Crippen LogP contribution in [-0.2, 0) is 13.2 Å². The van der Waals surface area contributed by atoms with Crippen molar-refractivity contribution in [3.8, 4) is 11.5 Å². The minimum absolute atomic E-state index is 0.417. The smallest absolute Gasteiger partial charge is 0.180 e. The van der Waals surface area contributed by atoms with Crippen LogP contribution in [0.15, 0.2) is 69.6 Å². The van der Waals surface area contributed by atoms with Crippen LogP contribution < -0.4 is 14.8 Å². The van der Waals surface area contributed by atoms with Gasteiger partial charge in [0.05, 0.1) is 12.1 Å². The molecule has 6 heteroatoms. The normalized spacial score (nSPS) is 10.5. The van der Waals surface area contributed by atoms with Gasteiger partial charge >= 0.3 is 0 Å². The zero-order valence-electron chi connectivity index (χ0n) is 14.6. The summed E-state index contributed by atoms with van der Waals surface area (Å²) >= 11 is 13.3. The summed E-state index contributed by atoms with van der Waals surface area (Å²) in [6.07, 6.45) is 0. The molecule has 0 radical (unpaired) electrons. The lowest BCUT2D eigenvalue weighted by atomic mass is 10.2. The molecule has 0 bridgehead atoms. The van der Waals surface area contributed by atoms with Crippen LogP contribution in [0.3, 0.4) is 0 Å². The number of halogens is 3. The van der Waals surface area contributed by atoms with E-state index >= 15 is 0 Å². The van der Waals surface area contributed by atoms with E-state index < -0.39 is 0 Å². The Hall–Kier alpha value is -1.69. The summed E-state index contributed by atoms with van der Waals surface area (Å²) in [6.45, 7) is 1.05. The summed E-state index contributed by atoms with van der Waals surface area (Å²) in [6, 6.07) is 19.8. The van der Waals surface area contributed by atoms with E-state index in [1.807, 2.05) is 60.7 Å². The number of ether oxygens (including phenoxy) is 2. The van der Waals surface area contributed by atoms with Gasteiger partial charge in [0.25, 0.3) is 0 Å². The van der Waals surface area contributed by atoms with Crippen LogP contribution in [-0.4, -0.2) is 7.11 Å². The molecule has 0 aromatic heterocycles. The Morgan fingerprint density at radius 1 is 0.889 bits per heavy atom. The predicted octanol–water partition coefficient (Wildman–Crippen LogP) is 7.06. The van der Waals surface area contributed by atoms with Crippen LogP contribution in [0.1, 0.15) is 11.1 Å². The average molecular weight is 512 g/mol. The summed E-state index contributed by atoms with van der Waals surface area (Å²) in [5, 5.41) is 3.90. The third kappa shape index (κ3) is 5.64. The lowest BCUT2D eigenvalue weighted by Gasteiger charge is -2.15. The van der Waals surface area contributed by atoms with Gasteiger partial charge in [0.15, 0.2) is 11.5 Å². The lowest BCUT2D eigenvalue weighted by molar-refractivity contribution is 0.284. The summed E-state index contributed by atoms with van der Waals surface area (Å²) in [5.41, 5.74) is 3.09. The molecule has 0 heterocycles. The van der Waals surface area contributed by atoms with Gasteiger partial charge in [-0.1, -0.05) is 55.6 Å². The molecular weight excluding hydrogens is 493 g/mol. The second-order valence-electron chi connectivity index (χ2n) is 5.88. The lowest BCUT2D eigenvalue weighted by Crippen LogP contribution is -2.02. The number of hydrogen-bond donors (Lipinski definition) is 1. The third-order valence-corrected chi connectivity index (χ3v) is 5.26. The first kappa shape index (κ1) is 20.1. The van der Waals surface area contributed by atoms with Crippen LogP contribution >= 0.6 is 43.5 Å². The number of rotatable bonds is 7. The molecule has 3 aromatic rings. The maximum Gasteiger partial charge on any atom is 0.180 e. The van der Waals surface area contributed by atoms with Gasteiger partial charge in [0, 0.05) is 21.2 Å². The van der Waals surface area contributed by atoms with E-state index in [1.165, 1.54) is 0 Å². The molecule has 0 aliphatic carbocycles. The summed E-state index contributed by atoms with van der Waals surface area (Å²) < 4.78 is 13.5. The number of benzene rings is 3. The Morgan fingerprint density at radius 2 is 1.52 bits per heavy atom. The van der Waals surface area contributed by atoms with Gasteiger partial charge < -0.3 is 14.8 Å². The van der Waals surface area contributed by atoms with E-state index in [9.17, 15) is 0 Å². The van der Waals surface area contributed by atoms with Gasteiger partial charge in [0.2, 0.25) is 0 Å². The molecule has 0 aliphatic heterocycles. The van der Waals surface area contributed by atoms with Crippen molar-refractivity contribution >= 4 is 49.1 Å². The molecule has 0 saturated heterocycles. The fourth-order valence-corrected chi connectivity index (χ4v) is 3.34. The van der Waals surface area contributed by atoms with Crippen molar-refractivity contribution in [3.05, 3.63) is 85.8 Å². The quantitative estimate of drug-likeness (QED) is 0.368. The van der Waals surface area contributed by atoms with Gasteiger partial charge in [-0.25, -0.2) is 0 Å². The summed E-state index contributed by atoms with van der Waals surface area (Å²) in [7, 11) is 1.62. The molecule has 0 aliphatic rings. The zero-order valence-corrected chi connectivity index (χ0v) is 18.6. The van der Waals surface area contributed by atoms with Crippen molar-refractivity contribution < 1.29 is 9.47 Å². The Labute approximate surface area is 180 Å². The van der Waals surface area contributed by atoms with Gasteiger partial charge in [-0.2, -0.15) is 0 Å². The van der Waals surface area contributed by atoms with E-state index in [0.717, 1.165) is 25.8 Å². The average Bonchev–Trinajstić information content (AvgIpc) is 2.67. The Kier molecular flexibility index (Phi) is 7.05. The number of nitrogens with one attached hydrogen (secondary N) is 1. The first-order valence-corrected chi connectivity index (χ1v) is 10.2.